The van der Waals surface area contributed by atoms with Crippen LogP contribution in [-0.2, 0) is 4.74 Å². The molecule has 0 saturated carbocycles. The summed E-state index contributed by atoms with van der Waals surface area (Å²) in [4.78, 5) is 8.39. The number of anilines is 2. The molecule has 1 atom stereocenters. The lowest BCUT2D eigenvalue weighted by Gasteiger charge is -2.23. The Morgan fingerprint density at radius 3 is 2.79 bits per heavy atom. The Kier molecular flexibility index (Phi) is 5.84. The smallest absolute Gasteiger partial charge is 0.131 e. The van der Waals surface area contributed by atoms with Crippen LogP contribution in [0.4, 0.5) is 11.6 Å². The molecular formula is C13H23N5O. The van der Waals surface area contributed by atoms with Gasteiger partial charge in [0.25, 0.3) is 0 Å². The molecule has 1 unspecified atom stereocenters. The average molecular weight is 265 g/mol. The van der Waals surface area contributed by atoms with E-state index in [9.17, 15) is 0 Å². The summed E-state index contributed by atoms with van der Waals surface area (Å²) in [6, 6.07) is 1.94. The van der Waals surface area contributed by atoms with Gasteiger partial charge in [-0.3, -0.25) is 0 Å². The second-order valence-corrected chi connectivity index (χ2v) is 4.63. The highest BCUT2D eigenvalue weighted by molar-refractivity contribution is 5.46. The van der Waals surface area contributed by atoms with Crippen molar-refractivity contribution in [1.29, 1.82) is 0 Å². The third kappa shape index (κ3) is 5.00. The minimum Gasteiger partial charge on any atom is -0.376 e. The van der Waals surface area contributed by atoms with Gasteiger partial charge in [0, 0.05) is 32.2 Å². The molecule has 6 heteroatoms. The predicted octanol–water partition coefficient (Wildman–Crippen LogP) is 1.09. The van der Waals surface area contributed by atoms with Gasteiger partial charge in [0.1, 0.15) is 18.0 Å². The first-order valence-corrected chi connectivity index (χ1v) is 7.00. The molecular weight excluding hydrogens is 242 g/mol. The van der Waals surface area contributed by atoms with E-state index in [1.54, 1.807) is 6.33 Å². The monoisotopic (exact) mass is 265 g/mol. The molecule has 6 nitrogen and oxygen atoms in total. The molecule has 2 heterocycles. The maximum atomic E-state index is 5.65. The maximum absolute atomic E-state index is 5.65. The molecule has 0 bridgehead atoms. The Bertz CT molecular complexity index is 368. The van der Waals surface area contributed by atoms with Crippen molar-refractivity contribution in [3.63, 3.8) is 0 Å². The van der Waals surface area contributed by atoms with Crippen molar-refractivity contribution in [2.45, 2.75) is 25.9 Å². The standard InChI is InChI=1S/C13H23N5O/c1-2-4-15-12-8-13(18-10-17-12)16-5-3-11-9-14-6-7-19-11/h8,10-11,14H,2-7,9H2,1H3,(H2,15,16,17,18). The van der Waals surface area contributed by atoms with Gasteiger partial charge in [-0.05, 0) is 12.8 Å². The SMILES string of the molecule is CCCNc1cc(NCCC2CNCCO2)ncn1. The van der Waals surface area contributed by atoms with E-state index in [0.29, 0.717) is 6.10 Å². The van der Waals surface area contributed by atoms with Crippen molar-refractivity contribution in [2.24, 2.45) is 0 Å². The van der Waals surface area contributed by atoms with Crippen molar-refractivity contribution in [2.75, 3.05) is 43.4 Å². The summed E-state index contributed by atoms with van der Waals surface area (Å²) in [6.45, 7) is 6.63. The van der Waals surface area contributed by atoms with Crippen molar-refractivity contribution in [3.8, 4) is 0 Å². The summed E-state index contributed by atoms with van der Waals surface area (Å²) in [6.07, 6.45) is 3.95. The van der Waals surface area contributed by atoms with E-state index < -0.39 is 0 Å². The molecule has 1 aliphatic rings. The van der Waals surface area contributed by atoms with Crippen molar-refractivity contribution < 1.29 is 4.74 Å². The molecule has 1 fully saturated rings. The molecule has 0 spiro atoms. The van der Waals surface area contributed by atoms with Gasteiger partial charge in [0.2, 0.25) is 0 Å². The quantitative estimate of drug-likeness (QED) is 0.685. The van der Waals surface area contributed by atoms with E-state index in [2.05, 4.69) is 32.8 Å². The van der Waals surface area contributed by atoms with Gasteiger partial charge in [-0.25, -0.2) is 9.97 Å². The Morgan fingerprint density at radius 2 is 2.11 bits per heavy atom. The normalized spacial score (nSPS) is 19.1. The number of nitrogens with one attached hydrogen (secondary N) is 3. The van der Waals surface area contributed by atoms with E-state index in [4.69, 9.17) is 4.74 Å². The van der Waals surface area contributed by atoms with Crippen LogP contribution in [0.3, 0.4) is 0 Å². The zero-order chi connectivity index (χ0) is 13.3. The summed E-state index contributed by atoms with van der Waals surface area (Å²) < 4.78 is 5.65. The van der Waals surface area contributed by atoms with Crippen LogP contribution in [0.25, 0.3) is 0 Å². The topological polar surface area (TPSA) is 71.1 Å². The summed E-state index contributed by atoms with van der Waals surface area (Å²) in [5.74, 6) is 1.73. The minimum absolute atomic E-state index is 0.306. The second kappa shape index (κ2) is 7.91. The Hall–Kier alpha value is -1.40. The first kappa shape index (κ1) is 14.0. The fourth-order valence-electron chi connectivity index (χ4n) is 1.97. The summed E-state index contributed by atoms with van der Waals surface area (Å²) >= 11 is 0. The average Bonchev–Trinajstić information content (AvgIpc) is 2.47. The molecule has 106 valence electrons. The molecule has 0 aliphatic carbocycles. The van der Waals surface area contributed by atoms with Crippen LogP contribution in [0.15, 0.2) is 12.4 Å². The minimum atomic E-state index is 0.306. The first-order valence-electron chi connectivity index (χ1n) is 7.00. The van der Waals surface area contributed by atoms with Crippen LogP contribution in [0.2, 0.25) is 0 Å². The van der Waals surface area contributed by atoms with Crippen molar-refractivity contribution in [1.82, 2.24) is 15.3 Å². The molecule has 19 heavy (non-hydrogen) atoms. The van der Waals surface area contributed by atoms with Crippen LogP contribution in [0.5, 0.6) is 0 Å². The van der Waals surface area contributed by atoms with Crippen LogP contribution in [0, 0.1) is 0 Å². The van der Waals surface area contributed by atoms with E-state index in [-0.39, 0.29) is 0 Å². The lowest BCUT2D eigenvalue weighted by Crippen LogP contribution is -2.39. The van der Waals surface area contributed by atoms with Crippen molar-refractivity contribution in [3.05, 3.63) is 12.4 Å². The zero-order valence-electron chi connectivity index (χ0n) is 11.5. The van der Waals surface area contributed by atoms with Crippen LogP contribution in [-0.4, -0.2) is 48.9 Å². The van der Waals surface area contributed by atoms with Crippen molar-refractivity contribution >= 4 is 11.6 Å². The van der Waals surface area contributed by atoms with Gasteiger partial charge in [-0.1, -0.05) is 6.92 Å². The third-order valence-electron chi connectivity index (χ3n) is 3.00. The number of ether oxygens (including phenoxy) is 1. The van der Waals surface area contributed by atoms with E-state index in [1.807, 2.05) is 6.07 Å². The lowest BCUT2D eigenvalue weighted by molar-refractivity contribution is 0.0258. The van der Waals surface area contributed by atoms with E-state index in [0.717, 1.165) is 57.3 Å². The Balaban J connectivity index is 1.72. The number of aromatic nitrogens is 2. The molecule has 3 N–H and O–H groups in total. The summed E-state index contributed by atoms with van der Waals surface area (Å²) in [5, 5.41) is 9.89. The molecule has 0 amide bonds. The van der Waals surface area contributed by atoms with Crippen LogP contribution in [0.1, 0.15) is 19.8 Å². The van der Waals surface area contributed by atoms with Gasteiger partial charge in [-0.2, -0.15) is 0 Å². The number of nitrogens with zero attached hydrogens (tertiary/aromatic N) is 2. The Morgan fingerprint density at radius 1 is 1.32 bits per heavy atom. The van der Waals surface area contributed by atoms with Gasteiger partial charge in [0.15, 0.2) is 0 Å². The van der Waals surface area contributed by atoms with Gasteiger partial charge in [0.05, 0.1) is 12.7 Å². The Labute approximate surface area is 114 Å². The molecule has 1 aromatic heterocycles. The fourth-order valence-corrected chi connectivity index (χ4v) is 1.97. The van der Waals surface area contributed by atoms with Gasteiger partial charge in [-0.15, -0.1) is 0 Å². The molecule has 0 radical (unpaired) electrons. The van der Waals surface area contributed by atoms with E-state index >= 15 is 0 Å². The molecule has 1 aromatic rings. The summed E-state index contributed by atoms with van der Waals surface area (Å²) in [7, 11) is 0. The summed E-state index contributed by atoms with van der Waals surface area (Å²) in [5.41, 5.74) is 0. The van der Waals surface area contributed by atoms with Crippen LogP contribution >= 0.6 is 0 Å². The molecule has 0 aromatic carbocycles. The lowest BCUT2D eigenvalue weighted by atomic mass is 10.2. The number of hydrogen-bond donors (Lipinski definition) is 3. The number of hydrogen-bond acceptors (Lipinski definition) is 6. The number of rotatable bonds is 7. The predicted molar refractivity (Wildman–Crippen MR) is 76.5 cm³/mol. The fraction of sp³-hybridized carbons (Fsp3) is 0.692. The van der Waals surface area contributed by atoms with Gasteiger partial charge < -0.3 is 20.7 Å². The second-order valence-electron chi connectivity index (χ2n) is 4.63. The van der Waals surface area contributed by atoms with E-state index in [1.165, 1.54) is 0 Å². The molecule has 1 aliphatic heterocycles. The maximum Gasteiger partial charge on any atom is 0.131 e. The van der Waals surface area contributed by atoms with Crippen LogP contribution < -0.4 is 16.0 Å². The highest BCUT2D eigenvalue weighted by Crippen LogP contribution is 2.09. The molecule has 1 saturated heterocycles. The zero-order valence-corrected chi connectivity index (χ0v) is 11.5. The number of morpholine rings is 1. The first-order chi connectivity index (χ1) is 9.38. The third-order valence-corrected chi connectivity index (χ3v) is 3.00. The largest absolute Gasteiger partial charge is 0.376 e. The molecule has 2 rings (SSSR count). The highest BCUT2D eigenvalue weighted by Gasteiger charge is 2.12. The highest BCUT2D eigenvalue weighted by atomic mass is 16.5. The van der Waals surface area contributed by atoms with Gasteiger partial charge >= 0.3 is 0 Å².